The summed E-state index contributed by atoms with van der Waals surface area (Å²) in [5, 5.41) is 3.09. The summed E-state index contributed by atoms with van der Waals surface area (Å²) < 4.78 is 5.87. The molecule has 5 aromatic rings. The number of fused-ring (bicyclic) bond motifs is 1. The van der Waals surface area contributed by atoms with Gasteiger partial charge in [0.15, 0.2) is 5.58 Å². The summed E-state index contributed by atoms with van der Waals surface area (Å²) in [6, 6.07) is 28.8. The highest BCUT2D eigenvalue weighted by atomic mass is 16.3. The van der Waals surface area contributed by atoms with Crippen molar-refractivity contribution in [3.63, 3.8) is 0 Å². The molecule has 5 rings (SSSR count). The van der Waals surface area contributed by atoms with Crippen molar-refractivity contribution in [2.75, 3.05) is 5.32 Å². The van der Waals surface area contributed by atoms with Crippen LogP contribution in [0.4, 0.5) is 5.69 Å². The number of anilines is 1. The molecule has 0 fully saturated rings. The predicted octanol–water partition coefficient (Wildman–Crippen LogP) is 5.83. The number of pyridine rings is 1. The summed E-state index contributed by atoms with van der Waals surface area (Å²) in [7, 11) is 0. The van der Waals surface area contributed by atoms with Crippen molar-refractivity contribution >= 4 is 22.7 Å². The third-order valence-corrected chi connectivity index (χ3v) is 5.73. The molecule has 0 saturated carbocycles. The minimum atomic E-state index is -0.858. The smallest absolute Gasteiger partial charge is 0.239 e. The highest BCUT2D eigenvalue weighted by Crippen LogP contribution is 2.34. The molecule has 0 spiro atoms. The zero-order chi connectivity index (χ0) is 22.0. The van der Waals surface area contributed by atoms with E-state index in [2.05, 4.69) is 15.3 Å². The van der Waals surface area contributed by atoms with Gasteiger partial charge in [-0.1, -0.05) is 60.7 Å². The molecule has 0 saturated heterocycles. The Morgan fingerprint density at radius 3 is 2.09 bits per heavy atom. The Morgan fingerprint density at radius 1 is 0.844 bits per heavy atom. The van der Waals surface area contributed by atoms with Crippen molar-refractivity contribution in [1.82, 2.24) is 9.97 Å². The van der Waals surface area contributed by atoms with Crippen LogP contribution < -0.4 is 5.32 Å². The molecule has 0 aliphatic heterocycles. The van der Waals surface area contributed by atoms with Crippen LogP contribution in [0.3, 0.4) is 0 Å². The lowest BCUT2D eigenvalue weighted by atomic mass is 9.75. The number of oxazole rings is 1. The van der Waals surface area contributed by atoms with Crippen LogP contribution in [-0.4, -0.2) is 15.9 Å². The largest absolute Gasteiger partial charge is 0.436 e. The number of amides is 1. The first-order chi connectivity index (χ1) is 15.6. The number of hydrogen-bond donors (Lipinski definition) is 1. The zero-order valence-corrected chi connectivity index (χ0v) is 17.5. The Labute approximate surface area is 185 Å². The first kappa shape index (κ1) is 19.7. The molecule has 0 aliphatic rings. The van der Waals surface area contributed by atoms with Crippen LogP contribution in [0.5, 0.6) is 0 Å². The standard InChI is InChI=1S/C27H21N3O2/c1-27(20-8-4-2-5-9-20,21-10-6-3-7-11-21)26(31)29-22-12-13-24-23(18-22)30-25(32-24)19-14-16-28-17-15-19/h2-18H,1H3,(H,29,31). The van der Waals surface area contributed by atoms with Crippen molar-refractivity contribution in [2.45, 2.75) is 12.3 Å². The Hall–Kier alpha value is -4.25. The van der Waals surface area contributed by atoms with Crippen LogP contribution in [0.2, 0.25) is 0 Å². The van der Waals surface area contributed by atoms with Crippen LogP contribution >= 0.6 is 0 Å². The normalized spacial score (nSPS) is 11.4. The minimum Gasteiger partial charge on any atom is -0.436 e. The maximum atomic E-state index is 13.6. The van der Waals surface area contributed by atoms with Crippen molar-refractivity contribution in [2.24, 2.45) is 0 Å². The highest BCUT2D eigenvalue weighted by Gasteiger charge is 2.37. The van der Waals surface area contributed by atoms with Crippen LogP contribution in [0.15, 0.2) is 108 Å². The average molecular weight is 419 g/mol. The molecule has 1 N–H and O–H groups in total. The maximum Gasteiger partial charge on any atom is 0.239 e. The van der Waals surface area contributed by atoms with E-state index in [1.165, 1.54) is 0 Å². The molecule has 0 unspecified atom stereocenters. The number of hydrogen-bond acceptors (Lipinski definition) is 4. The fraction of sp³-hybridized carbons (Fsp3) is 0.0741. The first-order valence-corrected chi connectivity index (χ1v) is 10.4. The quantitative estimate of drug-likeness (QED) is 0.389. The van der Waals surface area contributed by atoms with Gasteiger partial charge in [0.25, 0.3) is 0 Å². The van der Waals surface area contributed by atoms with Crippen LogP contribution in [-0.2, 0) is 10.2 Å². The second-order valence-corrected chi connectivity index (χ2v) is 7.75. The van der Waals surface area contributed by atoms with Crippen molar-refractivity contribution in [3.05, 3.63) is 115 Å². The summed E-state index contributed by atoms with van der Waals surface area (Å²) in [6.45, 7) is 1.95. The molecule has 156 valence electrons. The lowest BCUT2D eigenvalue weighted by molar-refractivity contribution is -0.119. The predicted molar refractivity (Wildman–Crippen MR) is 125 cm³/mol. The van der Waals surface area contributed by atoms with Gasteiger partial charge in [0.05, 0.1) is 5.41 Å². The van der Waals surface area contributed by atoms with Gasteiger partial charge in [-0.15, -0.1) is 0 Å². The molecule has 2 aromatic heterocycles. The molecule has 0 bridgehead atoms. The van der Waals surface area contributed by atoms with E-state index in [0.717, 1.165) is 16.7 Å². The molecule has 2 heterocycles. The molecular formula is C27H21N3O2. The van der Waals surface area contributed by atoms with E-state index in [1.807, 2.05) is 97.9 Å². The topological polar surface area (TPSA) is 68.0 Å². The van der Waals surface area contributed by atoms with Gasteiger partial charge >= 0.3 is 0 Å². The molecule has 1 amide bonds. The second-order valence-electron chi connectivity index (χ2n) is 7.75. The number of nitrogens with one attached hydrogen (secondary N) is 1. The van der Waals surface area contributed by atoms with Gasteiger partial charge in [0.1, 0.15) is 5.52 Å². The van der Waals surface area contributed by atoms with Gasteiger partial charge in [-0.05, 0) is 48.4 Å². The van der Waals surface area contributed by atoms with E-state index in [9.17, 15) is 4.79 Å². The average Bonchev–Trinajstić information content (AvgIpc) is 3.29. The van der Waals surface area contributed by atoms with E-state index < -0.39 is 5.41 Å². The number of nitrogens with zero attached hydrogens (tertiary/aromatic N) is 2. The molecule has 0 atom stereocenters. The van der Waals surface area contributed by atoms with Gasteiger partial charge in [-0.2, -0.15) is 0 Å². The third-order valence-electron chi connectivity index (χ3n) is 5.73. The second kappa shape index (κ2) is 8.12. The van der Waals surface area contributed by atoms with E-state index in [1.54, 1.807) is 12.4 Å². The van der Waals surface area contributed by atoms with Gasteiger partial charge < -0.3 is 9.73 Å². The SMILES string of the molecule is CC(C(=O)Nc1ccc2oc(-c3ccncc3)nc2c1)(c1ccccc1)c1ccccc1. The van der Waals surface area contributed by atoms with Crippen molar-refractivity contribution in [1.29, 1.82) is 0 Å². The number of benzene rings is 3. The molecule has 5 heteroatoms. The van der Waals surface area contributed by atoms with Crippen LogP contribution in [0.1, 0.15) is 18.1 Å². The third kappa shape index (κ3) is 3.54. The van der Waals surface area contributed by atoms with Gasteiger partial charge in [-0.25, -0.2) is 4.98 Å². The highest BCUT2D eigenvalue weighted by molar-refractivity contribution is 6.02. The fourth-order valence-corrected chi connectivity index (χ4v) is 3.85. The molecule has 0 radical (unpaired) electrons. The lowest BCUT2D eigenvalue weighted by Crippen LogP contribution is -2.38. The van der Waals surface area contributed by atoms with Crippen LogP contribution in [0.25, 0.3) is 22.6 Å². The fourth-order valence-electron chi connectivity index (χ4n) is 3.85. The number of carbonyl (C=O) groups excluding carboxylic acids is 1. The van der Waals surface area contributed by atoms with E-state index in [4.69, 9.17) is 4.42 Å². The number of aromatic nitrogens is 2. The first-order valence-electron chi connectivity index (χ1n) is 10.4. The molecular weight excluding hydrogens is 398 g/mol. The monoisotopic (exact) mass is 419 g/mol. The van der Waals surface area contributed by atoms with E-state index in [-0.39, 0.29) is 5.91 Å². The Balaban J connectivity index is 1.49. The van der Waals surface area contributed by atoms with E-state index in [0.29, 0.717) is 22.7 Å². The molecule has 5 nitrogen and oxygen atoms in total. The van der Waals surface area contributed by atoms with Gasteiger partial charge in [-0.3, -0.25) is 9.78 Å². The summed E-state index contributed by atoms with van der Waals surface area (Å²) in [4.78, 5) is 22.2. The minimum absolute atomic E-state index is 0.118. The Kier molecular flexibility index (Phi) is 5.00. The van der Waals surface area contributed by atoms with Crippen LogP contribution in [0, 0.1) is 0 Å². The Morgan fingerprint density at radius 2 is 1.47 bits per heavy atom. The van der Waals surface area contributed by atoms with Gasteiger partial charge in [0.2, 0.25) is 11.8 Å². The lowest BCUT2D eigenvalue weighted by Gasteiger charge is -2.29. The summed E-state index contributed by atoms with van der Waals surface area (Å²) >= 11 is 0. The molecule has 32 heavy (non-hydrogen) atoms. The zero-order valence-electron chi connectivity index (χ0n) is 17.5. The van der Waals surface area contributed by atoms with Crippen molar-refractivity contribution < 1.29 is 9.21 Å². The summed E-state index contributed by atoms with van der Waals surface area (Å²) in [6.07, 6.45) is 3.40. The Bertz CT molecular complexity index is 1320. The summed E-state index contributed by atoms with van der Waals surface area (Å²) in [5.41, 5.74) is 3.83. The number of rotatable bonds is 5. The molecule has 0 aliphatic carbocycles. The van der Waals surface area contributed by atoms with Crippen molar-refractivity contribution in [3.8, 4) is 11.5 Å². The molecule has 3 aromatic carbocycles. The summed E-state index contributed by atoms with van der Waals surface area (Å²) in [5.74, 6) is 0.399. The van der Waals surface area contributed by atoms with E-state index >= 15 is 0 Å². The number of carbonyl (C=O) groups is 1. The maximum absolute atomic E-state index is 13.6. The van der Waals surface area contributed by atoms with Gasteiger partial charge in [0, 0.05) is 23.6 Å².